The molecule has 8 aromatic carbocycles. The van der Waals surface area contributed by atoms with E-state index in [2.05, 4.69) is 219 Å². The van der Waals surface area contributed by atoms with Crippen molar-refractivity contribution in [3.8, 4) is 28.0 Å². The van der Waals surface area contributed by atoms with E-state index in [1.165, 1.54) is 61.6 Å². The molecule has 1 amide bonds. The molecule has 1 N–H and O–H groups in total. The number of aromatic nitrogens is 1. The molecule has 0 saturated carbocycles. The molecule has 9 aromatic rings. The Morgan fingerprint density at radius 2 is 0.861 bits per heavy atom. The van der Waals surface area contributed by atoms with E-state index in [1.54, 1.807) is 23.4 Å². The van der Waals surface area contributed by atoms with E-state index in [0.29, 0.717) is 11.7 Å². The number of phenols is 1. The van der Waals surface area contributed by atoms with Crippen LogP contribution in [-0.4, -0.2) is 34.5 Å². The summed E-state index contributed by atoms with van der Waals surface area (Å²) in [5, 5.41) is 10.0. The molecule has 362 valence electrons. The first-order chi connectivity index (χ1) is 34.4. The number of phenolic OH excluding ortho intramolecular Hbond substituents is 1. The van der Waals surface area contributed by atoms with Crippen molar-refractivity contribution >= 4 is 52.4 Å². The zero-order valence-electron chi connectivity index (χ0n) is 42.0. The predicted octanol–water partition coefficient (Wildman–Crippen LogP) is 16.7. The van der Waals surface area contributed by atoms with Gasteiger partial charge in [-0.2, -0.15) is 0 Å². The predicted molar refractivity (Wildman–Crippen MR) is 302 cm³/mol. The second kappa shape index (κ2) is 22.0. The molecule has 2 heterocycles. The highest BCUT2D eigenvalue weighted by Gasteiger charge is 2.37. The quantitative estimate of drug-likeness (QED) is 0.180. The highest BCUT2D eigenvalue weighted by molar-refractivity contribution is 5.88. The molecule has 0 radical (unpaired) electrons. The summed E-state index contributed by atoms with van der Waals surface area (Å²) in [4.78, 5) is 20.7. The van der Waals surface area contributed by atoms with Gasteiger partial charge in [-0.25, -0.2) is 0 Å². The second-order valence-electron chi connectivity index (χ2n) is 19.4. The number of halogens is 1. The van der Waals surface area contributed by atoms with Crippen molar-refractivity contribution in [2.45, 2.75) is 58.3 Å². The van der Waals surface area contributed by atoms with Crippen LogP contribution in [0.1, 0.15) is 68.4 Å². The Balaban J connectivity index is 0.000000152. The summed E-state index contributed by atoms with van der Waals surface area (Å²) in [6.45, 7) is 12.3. The van der Waals surface area contributed by atoms with E-state index >= 15 is 0 Å². The van der Waals surface area contributed by atoms with Crippen molar-refractivity contribution in [1.82, 2.24) is 9.88 Å². The van der Waals surface area contributed by atoms with Gasteiger partial charge in [-0.3, -0.25) is 9.78 Å². The highest BCUT2D eigenvalue weighted by atomic mass is 35.5. The minimum absolute atomic E-state index is 0. The number of fused-ring (bicyclic) bond motifs is 6. The Bertz CT molecular complexity index is 2940. The minimum atomic E-state index is -0.118. The summed E-state index contributed by atoms with van der Waals surface area (Å²) >= 11 is 0. The molecule has 1 fully saturated rings. The van der Waals surface area contributed by atoms with Crippen LogP contribution in [0.15, 0.2) is 225 Å². The van der Waals surface area contributed by atoms with Crippen LogP contribution in [-0.2, 0) is 15.6 Å². The first-order valence-electron chi connectivity index (χ1n) is 24.6. The molecule has 1 saturated heterocycles. The van der Waals surface area contributed by atoms with Gasteiger partial charge in [0.25, 0.3) is 0 Å². The van der Waals surface area contributed by atoms with E-state index in [-0.39, 0.29) is 23.2 Å². The number of carbonyl (C=O) groups excluding carboxylic acids is 1. The Morgan fingerprint density at radius 1 is 0.458 bits per heavy atom. The number of aromatic hydroxyl groups is 1. The maximum atomic E-state index is 10.5. The Morgan fingerprint density at radius 3 is 1.21 bits per heavy atom. The number of hydrogen-bond acceptors (Lipinski definition) is 5. The summed E-state index contributed by atoms with van der Waals surface area (Å²) in [7, 11) is 1.84. The molecule has 1 aromatic heterocycles. The maximum absolute atomic E-state index is 10.5. The fourth-order valence-electron chi connectivity index (χ4n) is 10.2. The number of hydrogen-bond donors (Lipinski definition) is 1. The average Bonchev–Trinajstić information content (AvgIpc) is 3.97. The number of nitrogens with zero attached hydrogens (tertiary/aromatic N) is 4. The minimum Gasteiger partial charge on any atom is -0.508 e. The molecule has 7 heteroatoms. The van der Waals surface area contributed by atoms with Crippen LogP contribution in [0.5, 0.6) is 5.75 Å². The molecule has 6 nitrogen and oxygen atoms in total. The molecule has 0 spiro atoms. The Kier molecular flexibility index (Phi) is 15.4. The molecule has 3 aliphatic rings. The van der Waals surface area contributed by atoms with Gasteiger partial charge in [0.2, 0.25) is 5.91 Å². The molecular weight excluding hydrogens is 904 g/mol. The van der Waals surface area contributed by atoms with Gasteiger partial charge < -0.3 is 19.8 Å². The number of para-hydroxylation sites is 4. The number of benzene rings is 8. The first-order valence-corrected chi connectivity index (χ1v) is 24.6. The summed E-state index contributed by atoms with van der Waals surface area (Å²) in [6, 6.07) is 74.0. The van der Waals surface area contributed by atoms with Crippen LogP contribution in [0.3, 0.4) is 0 Å². The van der Waals surface area contributed by atoms with Gasteiger partial charge in [0, 0.05) is 77.4 Å². The normalized spacial score (nSPS) is 13.7. The van der Waals surface area contributed by atoms with Crippen LogP contribution in [0.4, 0.5) is 34.1 Å². The van der Waals surface area contributed by atoms with Crippen LogP contribution >= 0.6 is 12.4 Å². The van der Waals surface area contributed by atoms with Crippen molar-refractivity contribution < 1.29 is 9.90 Å². The lowest BCUT2D eigenvalue weighted by Crippen LogP contribution is -2.17. The van der Waals surface area contributed by atoms with Gasteiger partial charge in [0.1, 0.15) is 5.75 Å². The number of pyridine rings is 1. The third kappa shape index (κ3) is 10.6. The van der Waals surface area contributed by atoms with Gasteiger partial charge in [-0.15, -0.1) is 12.4 Å². The fourth-order valence-corrected chi connectivity index (χ4v) is 10.2. The summed E-state index contributed by atoms with van der Waals surface area (Å²) in [5.41, 5.74) is 18.5. The maximum Gasteiger partial charge on any atom is 0.222 e. The molecule has 0 unspecified atom stereocenters. The third-order valence-electron chi connectivity index (χ3n) is 13.9. The number of anilines is 6. The SMILES string of the molecule is CC1(C)c2ccc(O)cc2-c2ccc(N(c3ccccc3)c3ccccc3)cc21.CN1CCCC1=O.Cc1ccc2c(c1)-c1ccc(N(c3ccccc3)c3ccccc3)cc1C2(C)C.Cl.c1ccncc1. The van der Waals surface area contributed by atoms with Crippen molar-refractivity contribution in [2.75, 3.05) is 23.4 Å². The van der Waals surface area contributed by atoms with E-state index in [0.717, 1.165) is 42.0 Å². The first kappa shape index (κ1) is 50.5. The topological polar surface area (TPSA) is 59.9 Å². The summed E-state index contributed by atoms with van der Waals surface area (Å²) < 4.78 is 0. The van der Waals surface area contributed by atoms with E-state index in [4.69, 9.17) is 0 Å². The highest BCUT2D eigenvalue weighted by Crippen LogP contribution is 2.53. The Hall–Kier alpha value is -7.93. The number of likely N-dealkylation sites (tertiary alicyclic amines) is 1. The molecule has 2 aliphatic carbocycles. The standard InChI is InChI=1S/C28H25N.C27H23NO.C5H9NO.C5H5N.ClH/c1-20-14-17-26-25(18-20)24-16-15-23(19-27(24)28(26,2)3)29(21-10-6-4-7-11-21)22-12-8-5-9-13-22;1-27(2)25-16-14-22(29)18-24(25)23-15-13-21(17-26(23)27)28(19-9-5-3-6-10-19)20-11-7-4-8-12-20;1-6-4-2-3-5(6)7;1-2-4-6-5-3-1;/h4-19H,1-3H3;3-18,29H,1-2H3;2-4H2,1H3;1-5H;1H. The molecule has 0 bridgehead atoms. The monoisotopic (exact) mass is 966 g/mol. The van der Waals surface area contributed by atoms with Crippen molar-refractivity contribution in [3.05, 3.63) is 253 Å². The molecule has 0 atom stereocenters. The summed E-state index contributed by atoms with van der Waals surface area (Å²) in [5.74, 6) is 0.603. The molecular formula is C65H63ClN4O2. The lowest BCUT2D eigenvalue weighted by Gasteiger charge is -2.28. The van der Waals surface area contributed by atoms with E-state index in [9.17, 15) is 9.90 Å². The van der Waals surface area contributed by atoms with Crippen LogP contribution < -0.4 is 9.80 Å². The average molecular weight is 968 g/mol. The smallest absolute Gasteiger partial charge is 0.222 e. The number of rotatable bonds is 6. The van der Waals surface area contributed by atoms with Crippen LogP contribution in [0, 0.1) is 6.92 Å². The van der Waals surface area contributed by atoms with Crippen molar-refractivity contribution in [2.24, 2.45) is 0 Å². The molecule has 1 aliphatic heterocycles. The fraction of sp³-hybridized carbons (Fsp3) is 0.169. The molecule has 72 heavy (non-hydrogen) atoms. The number of aryl methyl sites for hydroxylation is 1. The third-order valence-corrected chi connectivity index (χ3v) is 13.9. The van der Waals surface area contributed by atoms with Gasteiger partial charge in [0.15, 0.2) is 0 Å². The summed E-state index contributed by atoms with van der Waals surface area (Å²) in [6.07, 6.45) is 5.31. The lowest BCUT2D eigenvalue weighted by atomic mass is 9.82. The largest absolute Gasteiger partial charge is 0.508 e. The van der Waals surface area contributed by atoms with Crippen molar-refractivity contribution in [1.29, 1.82) is 0 Å². The van der Waals surface area contributed by atoms with Gasteiger partial charge in [-0.1, -0.05) is 149 Å². The van der Waals surface area contributed by atoms with Crippen LogP contribution in [0.25, 0.3) is 22.3 Å². The second-order valence-corrected chi connectivity index (χ2v) is 19.4. The number of carbonyl (C=O) groups is 1. The Labute approximate surface area is 432 Å². The van der Waals surface area contributed by atoms with E-state index in [1.807, 2.05) is 43.4 Å². The van der Waals surface area contributed by atoms with Gasteiger partial charge in [-0.05, 0) is 155 Å². The van der Waals surface area contributed by atoms with Gasteiger partial charge >= 0.3 is 0 Å². The van der Waals surface area contributed by atoms with E-state index < -0.39 is 0 Å². The number of amides is 1. The van der Waals surface area contributed by atoms with Gasteiger partial charge in [0.05, 0.1) is 0 Å². The zero-order valence-corrected chi connectivity index (χ0v) is 42.9. The van der Waals surface area contributed by atoms with Crippen LogP contribution in [0.2, 0.25) is 0 Å². The van der Waals surface area contributed by atoms with Crippen molar-refractivity contribution in [3.63, 3.8) is 0 Å². The lowest BCUT2D eigenvalue weighted by molar-refractivity contribution is -0.126. The zero-order chi connectivity index (χ0) is 49.5. The molecule has 12 rings (SSSR count).